The van der Waals surface area contributed by atoms with Crippen molar-refractivity contribution in [2.24, 2.45) is 0 Å². The first-order valence-electron chi connectivity index (χ1n) is 7.09. The highest BCUT2D eigenvalue weighted by Gasteiger charge is 2.14. The second-order valence-corrected chi connectivity index (χ2v) is 5.09. The van der Waals surface area contributed by atoms with Crippen LogP contribution >= 0.6 is 0 Å². The monoisotopic (exact) mass is 248 g/mol. The summed E-state index contributed by atoms with van der Waals surface area (Å²) in [6, 6.07) is 7.18. The van der Waals surface area contributed by atoms with Crippen LogP contribution in [0.1, 0.15) is 43.0 Å². The molecular formula is C16H28N2. The normalized spacial score (nSPS) is 13.0. The van der Waals surface area contributed by atoms with Crippen LogP contribution < -0.4 is 5.32 Å². The number of nitrogens with one attached hydrogen (secondary N) is 1. The topological polar surface area (TPSA) is 15.3 Å². The molecule has 1 N–H and O–H groups in total. The second-order valence-electron chi connectivity index (χ2n) is 5.09. The van der Waals surface area contributed by atoms with Gasteiger partial charge in [0, 0.05) is 12.6 Å². The fourth-order valence-corrected chi connectivity index (χ4v) is 2.51. The van der Waals surface area contributed by atoms with Crippen LogP contribution in [0.2, 0.25) is 0 Å². The van der Waals surface area contributed by atoms with E-state index in [1.165, 1.54) is 29.7 Å². The van der Waals surface area contributed by atoms with E-state index in [0.29, 0.717) is 6.04 Å². The van der Waals surface area contributed by atoms with E-state index < -0.39 is 0 Å². The first-order valence-corrected chi connectivity index (χ1v) is 7.09. The van der Waals surface area contributed by atoms with Crippen molar-refractivity contribution in [1.29, 1.82) is 0 Å². The van der Waals surface area contributed by atoms with Gasteiger partial charge in [0.2, 0.25) is 0 Å². The number of hydrogen-bond acceptors (Lipinski definition) is 2. The van der Waals surface area contributed by atoms with Crippen LogP contribution in [0.15, 0.2) is 18.2 Å². The van der Waals surface area contributed by atoms with E-state index in [1.54, 1.807) is 0 Å². The van der Waals surface area contributed by atoms with Crippen LogP contribution in [0.4, 0.5) is 0 Å². The third-order valence-electron chi connectivity index (χ3n) is 3.58. The molecule has 102 valence electrons. The van der Waals surface area contributed by atoms with Gasteiger partial charge >= 0.3 is 0 Å². The first-order chi connectivity index (χ1) is 8.62. The van der Waals surface area contributed by atoms with Gasteiger partial charge in [-0.3, -0.25) is 0 Å². The molecule has 0 fully saturated rings. The molecule has 2 heteroatoms. The lowest BCUT2D eigenvalue weighted by Crippen LogP contribution is -2.34. The van der Waals surface area contributed by atoms with Gasteiger partial charge in [0.15, 0.2) is 0 Å². The Labute approximate surface area is 112 Å². The maximum absolute atomic E-state index is 3.46. The molecule has 1 aromatic carbocycles. The zero-order valence-corrected chi connectivity index (χ0v) is 12.6. The van der Waals surface area contributed by atoms with E-state index >= 15 is 0 Å². The van der Waals surface area contributed by atoms with Crippen molar-refractivity contribution in [3.8, 4) is 0 Å². The molecule has 1 rings (SSSR count). The molecule has 0 amide bonds. The molecule has 0 saturated carbocycles. The largest absolute Gasteiger partial charge is 0.312 e. The van der Waals surface area contributed by atoms with Crippen molar-refractivity contribution >= 4 is 0 Å². The summed E-state index contributed by atoms with van der Waals surface area (Å²) in [4.78, 5) is 2.51. The van der Waals surface area contributed by atoms with Crippen LogP contribution in [-0.2, 0) is 0 Å². The summed E-state index contributed by atoms with van der Waals surface area (Å²) in [5.74, 6) is 0. The predicted octanol–water partition coefficient (Wildman–Crippen LogP) is 3.30. The Morgan fingerprint density at radius 2 is 1.94 bits per heavy atom. The molecular weight excluding hydrogens is 220 g/mol. The van der Waals surface area contributed by atoms with Crippen LogP contribution in [-0.4, -0.2) is 31.6 Å². The fourth-order valence-electron chi connectivity index (χ4n) is 2.51. The summed E-state index contributed by atoms with van der Waals surface area (Å²) in [6.07, 6.45) is 1.22. The molecule has 0 bridgehead atoms. The molecule has 0 heterocycles. The van der Waals surface area contributed by atoms with Gasteiger partial charge < -0.3 is 10.2 Å². The zero-order chi connectivity index (χ0) is 13.5. The standard InChI is InChI=1S/C16H28N2/c1-6-10-18(7-2)12-16(17-5)15-9-8-13(3)11-14(15)4/h8-9,11,16-17H,6-7,10,12H2,1-5H3. The summed E-state index contributed by atoms with van der Waals surface area (Å²) >= 11 is 0. The maximum atomic E-state index is 3.46. The van der Waals surface area contributed by atoms with Gasteiger partial charge in [-0.15, -0.1) is 0 Å². The molecule has 18 heavy (non-hydrogen) atoms. The number of aryl methyl sites for hydroxylation is 2. The Morgan fingerprint density at radius 1 is 1.22 bits per heavy atom. The molecule has 1 unspecified atom stereocenters. The summed E-state index contributed by atoms with van der Waals surface area (Å²) in [5.41, 5.74) is 4.16. The number of likely N-dealkylation sites (N-methyl/N-ethyl adjacent to an activating group) is 2. The average molecular weight is 248 g/mol. The van der Waals surface area contributed by atoms with E-state index in [-0.39, 0.29) is 0 Å². The van der Waals surface area contributed by atoms with Gasteiger partial charge in [0.05, 0.1) is 0 Å². The summed E-state index contributed by atoms with van der Waals surface area (Å²) < 4.78 is 0. The van der Waals surface area contributed by atoms with Crippen LogP contribution in [0.3, 0.4) is 0 Å². The number of rotatable bonds is 7. The van der Waals surface area contributed by atoms with E-state index in [2.05, 4.69) is 63.2 Å². The van der Waals surface area contributed by atoms with Crippen molar-refractivity contribution < 1.29 is 0 Å². The molecule has 0 aliphatic rings. The first kappa shape index (κ1) is 15.2. The van der Waals surface area contributed by atoms with E-state index in [1.807, 2.05) is 0 Å². The fraction of sp³-hybridized carbons (Fsp3) is 0.625. The van der Waals surface area contributed by atoms with Crippen molar-refractivity contribution in [1.82, 2.24) is 10.2 Å². The smallest absolute Gasteiger partial charge is 0.0449 e. The van der Waals surface area contributed by atoms with Crippen LogP contribution in [0, 0.1) is 13.8 Å². The SMILES string of the molecule is CCCN(CC)CC(NC)c1ccc(C)cc1C. The lowest BCUT2D eigenvalue weighted by molar-refractivity contribution is 0.258. The molecule has 0 aliphatic heterocycles. The van der Waals surface area contributed by atoms with E-state index in [0.717, 1.165) is 13.1 Å². The highest BCUT2D eigenvalue weighted by Crippen LogP contribution is 2.19. The quantitative estimate of drug-likeness (QED) is 0.796. The minimum atomic E-state index is 0.428. The molecule has 2 nitrogen and oxygen atoms in total. The summed E-state index contributed by atoms with van der Waals surface area (Å²) in [7, 11) is 2.06. The van der Waals surface area contributed by atoms with Gasteiger partial charge in [-0.2, -0.15) is 0 Å². The van der Waals surface area contributed by atoms with Crippen LogP contribution in [0.25, 0.3) is 0 Å². The Balaban J connectivity index is 2.81. The molecule has 0 saturated heterocycles. The highest BCUT2D eigenvalue weighted by atomic mass is 15.1. The molecule has 0 spiro atoms. The van der Waals surface area contributed by atoms with Crippen LogP contribution in [0.5, 0.6) is 0 Å². The second kappa shape index (κ2) is 7.55. The average Bonchev–Trinajstić information content (AvgIpc) is 2.35. The van der Waals surface area contributed by atoms with Crippen molar-refractivity contribution in [2.45, 2.75) is 40.2 Å². The molecule has 0 aromatic heterocycles. The van der Waals surface area contributed by atoms with Crippen molar-refractivity contribution in [3.63, 3.8) is 0 Å². The Bertz CT molecular complexity index is 360. The Morgan fingerprint density at radius 3 is 2.44 bits per heavy atom. The Hall–Kier alpha value is -0.860. The number of nitrogens with zero attached hydrogens (tertiary/aromatic N) is 1. The minimum Gasteiger partial charge on any atom is -0.312 e. The third kappa shape index (κ3) is 4.11. The lowest BCUT2D eigenvalue weighted by atomic mass is 9.99. The highest BCUT2D eigenvalue weighted by molar-refractivity contribution is 5.33. The lowest BCUT2D eigenvalue weighted by Gasteiger charge is -2.27. The molecule has 0 radical (unpaired) electrons. The number of benzene rings is 1. The Kier molecular flexibility index (Phi) is 6.37. The van der Waals surface area contributed by atoms with E-state index in [4.69, 9.17) is 0 Å². The van der Waals surface area contributed by atoms with E-state index in [9.17, 15) is 0 Å². The zero-order valence-electron chi connectivity index (χ0n) is 12.6. The number of hydrogen-bond donors (Lipinski definition) is 1. The van der Waals surface area contributed by atoms with Gasteiger partial charge in [-0.1, -0.05) is 37.6 Å². The maximum Gasteiger partial charge on any atom is 0.0449 e. The van der Waals surface area contributed by atoms with Crippen molar-refractivity contribution in [3.05, 3.63) is 34.9 Å². The van der Waals surface area contributed by atoms with Crippen molar-refractivity contribution in [2.75, 3.05) is 26.7 Å². The van der Waals surface area contributed by atoms with Gasteiger partial charge in [-0.05, 0) is 51.5 Å². The third-order valence-corrected chi connectivity index (χ3v) is 3.58. The van der Waals surface area contributed by atoms with Gasteiger partial charge in [0.25, 0.3) is 0 Å². The minimum absolute atomic E-state index is 0.428. The van der Waals surface area contributed by atoms with Gasteiger partial charge in [-0.25, -0.2) is 0 Å². The molecule has 0 aliphatic carbocycles. The molecule has 1 aromatic rings. The summed E-state index contributed by atoms with van der Waals surface area (Å²) in [6.45, 7) is 12.2. The summed E-state index contributed by atoms with van der Waals surface area (Å²) in [5, 5.41) is 3.46. The van der Waals surface area contributed by atoms with Gasteiger partial charge in [0.1, 0.15) is 0 Å². The molecule has 1 atom stereocenters. The predicted molar refractivity (Wildman–Crippen MR) is 80.1 cm³/mol.